The average Bonchev–Trinajstić information content (AvgIpc) is 2.43. The fraction of sp³-hybridized carbons (Fsp3) is 0.571. The Balaban J connectivity index is 2.09. The van der Waals surface area contributed by atoms with Crippen LogP contribution in [0.1, 0.15) is 24.8 Å². The van der Waals surface area contributed by atoms with Gasteiger partial charge in [0.15, 0.2) is 0 Å². The molecular weight excluding hydrogens is 322 g/mol. The Morgan fingerprint density at radius 1 is 1.50 bits per heavy atom. The van der Waals surface area contributed by atoms with Crippen LogP contribution in [0.4, 0.5) is 5.69 Å². The summed E-state index contributed by atoms with van der Waals surface area (Å²) in [6.07, 6.45) is 3.72. The van der Waals surface area contributed by atoms with Crippen LogP contribution in [-0.2, 0) is 6.54 Å². The molecule has 0 saturated carbocycles. The Bertz CT molecular complexity index is 479. The van der Waals surface area contributed by atoms with E-state index < -0.39 is 0 Å². The van der Waals surface area contributed by atoms with E-state index >= 15 is 0 Å². The smallest absolute Gasteiger partial charge is 0.270 e. The fourth-order valence-electron chi connectivity index (χ4n) is 2.73. The molecule has 1 aromatic rings. The van der Waals surface area contributed by atoms with Gasteiger partial charge in [0.05, 0.1) is 4.92 Å². The Hall–Kier alpha value is -0.980. The number of nitrogens with one attached hydrogen (secondary N) is 1. The highest BCUT2D eigenvalue weighted by molar-refractivity contribution is 9.10. The summed E-state index contributed by atoms with van der Waals surface area (Å²) in [5.74, 6) is 0. The molecule has 0 radical (unpaired) electrons. The van der Waals surface area contributed by atoms with Crippen molar-refractivity contribution in [2.45, 2.75) is 31.8 Å². The summed E-state index contributed by atoms with van der Waals surface area (Å²) in [7, 11) is 1.98. The lowest BCUT2D eigenvalue weighted by molar-refractivity contribution is -0.384. The van der Waals surface area contributed by atoms with Gasteiger partial charge in [0.25, 0.3) is 5.69 Å². The molecule has 1 fully saturated rings. The molecule has 1 aliphatic rings. The van der Waals surface area contributed by atoms with Gasteiger partial charge in [0.1, 0.15) is 0 Å². The van der Waals surface area contributed by atoms with Crippen LogP contribution in [0.2, 0.25) is 0 Å². The van der Waals surface area contributed by atoms with Gasteiger partial charge in [-0.15, -0.1) is 0 Å². The topological polar surface area (TPSA) is 58.4 Å². The molecule has 1 aromatic carbocycles. The first-order chi connectivity index (χ1) is 9.61. The van der Waals surface area contributed by atoms with Crippen molar-refractivity contribution in [3.8, 4) is 0 Å². The molecule has 2 rings (SSSR count). The van der Waals surface area contributed by atoms with Crippen molar-refractivity contribution in [1.82, 2.24) is 10.2 Å². The normalized spacial score (nSPS) is 20.0. The van der Waals surface area contributed by atoms with E-state index in [2.05, 4.69) is 26.1 Å². The third-order valence-corrected chi connectivity index (χ3v) is 4.55. The highest BCUT2D eigenvalue weighted by atomic mass is 79.9. The summed E-state index contributed by atoms with van der Waals surface area (Å²) < 4.78 is 0.820. The summed E-state index contributed by atoms with van der Waals surface area (Å²) in [4.78, 5) is 12.9. The number of likely N-dealkylation sites (N-methyl/N-ethyl adjacent to an activating group) is 1. The second kappa shape index (κ2) is 7.15. The summed E-state index contributed by atoms with van der Waals surface area (Å²) in [5, 5.41) is 14.0. The summed E-state index contributed by atoms with van der Waals surface area (Å²) in [6, 6.07) is 5.58. The molecule has 110 valence electrons. The molecule has 0 aromatic heterocycles. The van der Waals surface area contributed by atoms with Crippen LogP contribution in [-0.4, -0.2) is 36.0 Å². The lowest BCUT2D eigenvalue weighted by atomic mass is 10.0. The number of piperidine rings is 1. The standard InChI is InChI=1S/C14H20BrN3O2/c1-16-9-13-4-2-3-7-17(13)10-11-5-6-12(18(19)20)8-14(11)15/h5-6,8,13,16H,2-4,7,9-10H2,1H3. The maximum absolute atomic E-state index is 10.8. The van der Waals surface area contributed by atoms with E-state index in [4.69, 9.17) is 0 Å². The molecule has 5 nitrogen and oxygen atoms in total. The van der Waals surface area contributed by atoms with E-state index in [0.29, 0.717) is 6.04 Å². The first-order valence-electron chi connectivity index (χ1n) is 6.93. The van der Waals surface area contributed by atoms with E-state index in [0.717, 1.165) is 29.7 Å². The van der Waals surface area contributed by atoms with Crippen LogP contribution >= 0.6 is 15.9 Å². The van der Waals surface area contributed by atoms with Gasteiger partial charge in [0.2, 0.25) is 0 Å². The van der Waals surface area contributed by atoms with E-state index in [1.165, 1.54) is 19.3 Å². The highest BCUT2D eigenvalue weighted by Crippen LogP contribution is 2.26. The van der Waals surface area contributed by atoms with Crippen molar-refractivity contribution in [2.24, 2.45) is 0 Å². The quantitative estimate of drug-likeness (QED) is 0.660. The number of nitro benzene ring substituents is 1. The zero-order valence-corrected chi connectivity index (χ0v) is 13.2. The largest absolute Gasteiger partial charge is 0.318 e. The Labute approximate surface area is 127 Å². The summed E-state index contributed by atoms with van der Waals surface area (Å²) >= 11 is 3.45. The molecule has 1 N–H and O–H groups in total. The second-order valence-corrected chi connectivity index (χ2v) is 6.06. The SMILES string of the molecule is CNCC1CCCCN1Cc1ccc([N+](=O)[O-])cc1Br. The second-order valence-electron chi connectivity index (χ2n) is 5.21. The maximum Gasteiger partial charge on any atom is 0.270 e. The Morgan fingerprint density at radius 2 is 2.30 bits per heavy atom. The van der Waals surface area contributed by atoms with Crippen molar-refractivity contribution in [3.63, 3.8) is 0 Å². The molecule has 1 aliphatic heterocycles. The van der Waals surface area contributed by atoms with E-state index in [1.807, 2.05) is 13.1 Å². The van der Waals surface area contributed by atoms with E-state index in [1.54, 1.807) is 12.1 Å². The van der Waals surface area contributed by atoms with Crippen molar-refractivity contribution in [1.29, 1.82) is 0 Å². The number of rotatable bonds is 5. The maximum atomic E-state index is 10.8. The molecule has 1 atom stereocenters. The molecule has 20 heavy (non-hydrogen) atoms. The van der Waals surface area contributed by atoms with Gasteiger partial charge in [-0.1, -0.05) is 22.4 Å². The molecule has 0 spiro atoms. The lowest BCUT2D eigenvalue weighted by Gasteiger charge is -2.35. The summed E-state index contributed by atoms with van der Waals surface area (Å²) in [5.41, 5.74) is 1.24. The number of nitro groups is 1. The van der Waals surface area contributed by atoms with Crippen LogP contribution < -0.4 is 5.32 Å². The van der Waals surface area contributed by atoms with E-state index in [-0.39, 0.29) is 10.6 Å². The monoisotopic (exact) mass is 341 g/mol. The molecule has 0 aliphatic carbocycles. The van der Waals surface area contributed by atoms with Crippen molar-refractivity contribution in [3.05, 3.63) is 38.3 Å². The molecule has 1 heterocycles. The zero-order chi connectivity index (χ0) is 14.5. The Morgan fingerprint density at radius 3 is 2.95 bits per heavy atom. The minimum atomic E-state index is -0.362. The zero-order valence-electron chi connectivity index (χ0n) is 11.6. The first kappa shape index (κ1) is 15.4. The van der Waals surface area contributed by atoms with Gasteiger partial charge in [-0.2, -0.15) is 0 Å². The third-order valence-electron chi connectivity index (χ3n) is 3.81. The predicted molar refractivity (Wildman–Crippen MR) is 82.8 cm³/mol. The average molecular weight is 342 g/mol. The first-order valence-corrected chi connectivity index (χ1v) is 7.72. The van der Waals surface area contributed by atoms with Gasteiger partial charge < -0.3 is 5.32 Å². The van der Waals surface area contributed by atoms with Crippen molar-refractivity contribution in [2.75, 3.05) is 20.1 Å². The van der Waals surface area contributed by atoms with Gasteiger partial charge in [-0.25, -0.2) is 0 Å². The highest BCUT2D eigenvalue weighted by Gasteiger charge is 2.22. The number of halogens is 1. The number of benzene rings is 1. The van der Waals surface area contributed by atoms with E-state index in [9.17, 15) is 10.1 Å². The molecule has 0 amide bonds. The number of hydrogen-bond donors (Lipinski definition) is 1. The molecule has 6 heteroatoms. The third kappa shape index (κ3) is 3.77. The van der Waals surface area contributed by atoms with Crippen LogP contribution in [0.15, 0.2) is 22.7 Å². The van der Waals surface area contributed by atoms with Crippen LogP contribution in [0.5, 0.6) is 0 Å². The predicted octanol–water partition coefficient (Wildman–Crippen LogP) is 2.93. The van der Waals surface area contributed by atoms with Crippen LogP contribution in [0.25, 0.3) is 0 Å². The number of hydrogen-bond acceptors (Lipinski definition) is 4. The van der Waals surface area contributed by atoms with Crippen LogP contribution in [0.3, 0.4) is 0 Å². The summed E-state index contributed by atoms with van der Waals surface area (Å²) in [6.45, 7) is 2.92. The van der Waals surface area contributed by atoms with Crippen molar-refractivity contribution < 1.29 is 4.92 Å². The fourth-order valence-corrected chi connectivity index (χ4v) is 3.22. The number of nitrogens with zero attached hydrogens (tertiary/aromatic N) is 2. The van der Waals surface area contributed by atoms with Gasteiger partial charge >= 0.3 is 0 Å². The van der Waals surface area contributed by atoms with Gasteiger partial charge in [0, 0.05) is 35.7 Å². The van der Waals surface area contributed by atoms with Crippen LogP contribution in [0, 0.1) is 10.1 Å². The minimum absolute atomic E-state index is 0.131. The molecular formula is C14H20BrN3O2. The minimum Gasteiger partial charge on any atom is -0.318 e. The number of non-ortho nitro benzene ring substituents is 1. The van der Waals surface area contributed by atoms with Crippen molar-refractivity contribution >= 4 is 21.6 Å². The molecule has 1 unspecified atom stereocenters. The van der Waals surface area contributed by atoms with Gasteiger partial charge in [-0.3, -0.25) is 15.0 Å². The lowest BCUT2D eigenvalue weighted by Crippen LogP contribution is -2.44. The number of likely N-dealkylation sites (tertiary alicyclic amines) is 1. The van der Waals surface area contributed by atoms with Gasteiger partial charge in [-0.05, 0) is 38.1 Å². The molecule has 1 saturated heterocycles. The Kier molecular flexibility index (Phi) is 5.51. The molecule has 0 bridgehead atoms.